The van der Waals surface area contributed by atoms with Gasteiger partial charge in [-0.15, -0.1) is 0 Å². The van der Waals surface area contributed by atoms with Gasteiger partial charge in [0.1, 0.15) is 0 Å². The highest BCUT2D eigenvalue weighted by molar-refractivity contribution is 7.94. The summed E-state index contributed by atoms with van der Waals surface area (Å²) in [6.07, 6.45) is 4.61. The first-order chi connectivity index (χ1) is 16.6. The second-order valence-electron chi connectivity index (χ2n) is 9.67. The number of anilines is 1. The third kappa shape index (κ3) is 5.98. The van der Waals surface area contributed by atoms with Crippen molar-refractivity contribution in [3.05, 3.63) is 113 Å². The normalized spacial score (nSPS) is 15.7. The highest BCUT2D eigenvalue weighted by Gasteiger charge is 2.27. The molecule has 180 valence electrons. The molecular weight excluding hydrogens is 454 g/mol. The number of fused-ring (bicyclic) bond motifs is 1. The maximum Gasteiger partial charge on any atom is 0.199 e. The van der Waals surface area contributed by atoms with E-state index in [1.165, 1.54) is 5.41 Å². The number of carbonyl (C=O) groups excluding carboxylic acids is 1. The van der Waals surface area contributed by atoms with Crippen LogP contribution in [0.1, 0.15) is 48.7 Å². The summed E-state index contributed by atoms with van der Waals surface area (Å²) in [5.74, 6) is -0.282. The molecule has 0 bridgehead atoms. The zero-order valence-corrected chi connectivity index (χ0v) is 21.2. The van der Waals surface area contributed by atoms with Gasteiger partial charge in [0.2, 0.25) is 0 Å². The standard InChI is InChI=1S/C30H31NO3S/c1-22-21-30(2,3)31-29-26(22)15-10-16-27(29)28(32)20-24(19-23-11-6-4-7-12-23)17-18-35(33,34)25-13-8-5-9-14-25/h4-18,21,24,31H,19-20H2,1-3H3/b18-17+/t24-/m1/s1. The van der Waals surface area contributed by atoms with Gasteiger partial charge < -0.3 is 5.32 Å². The number of hydrogen-bond donors (Lipinski definition) is 1. The average Bonchev–Trinajstić information content (AvgIpc) is 2.83. The Morgan fingerprint density at radius 3 is 2.29 bits per heavy atom. The lowest BCUT2D eigenvalue weighted by Crippen LogP contribution is -2.32. The van der Waals surface area contributed by atoms with Crippen molar-refractivity contribution >= 4 is 26.9 Å². The first-order valence-electron chi connectivity index (χ1n) is 11.8. The van der Waals surface area contributed by atoms with Crippen LogP contribution in [0.4, 0.5) is 5.69 Å². The van der Waals surface area contributed by atoms with E-state index in [1.54, 1.807) is 36.4 Å². The topological polar surface area (TPSA) is 63.2 Å². The largest absolute Gasteiger partial charge is 0.376 e. The molecule has 0 saturated heterocycles. The quantitative estimate of drug-likeness (QED) is 0.360. The number of nitrogens with one attached hydrogen (secondary N) is 1. The summed E-state index contributed by atoms with van der Waals surface area (Å²) in [7, 11) is -3.60. The minimum atomic E-state index is -3.60. The zero-order chi connectivity index (χ0) is 25.1. The molecule has 1 aliphatic heterocycles. The van der Waals surface area contributed by atoms with Gasteiger partial charge in [-0.3, -0.25) is 4.79 Å². The van der Waals surface area contributed by atoms with Gasteiger partial charge in [-0.05, 0) is 62.4 Å². The summed E-state index contributed by atoms with van der Waals surface area (Å²) in [6, 6.07) is 24.0. The predicted octanol–water partition coefficient (Wildman–Crippen LogP) is 6.71. The first kappa shape index (κ1) is 24.7. The number of hydrogen-bond acceptors (Lipinski definition) is 4. The number of allylic oxidation sites excluding steroid dienone is 2. The molecule has 0 aliphatic carbocycles. The summed E-state index contributed by atoms with van der Waals surface area (Å²) >= 11 is 0. The van der Waals surface area contributed by atoms with Crippen LogP contribution in [0.5, 0.6) is 0 Å². The van der Waals surface area contributed by atoms with E-state index in [-0.39, 0.29) is 28.6 Å². The summed E-state index contributed by atoms with van der Waals surface area (Å²) in [5, 5.41) is 4.75. The van der Waals surface area contributed by atoms with Crippen LogP contribution < -0.4 is 5.32 Å². The third-order valence-corrected chi connectivity index (χ3v) is 7.65. The molecule has 4 rings (SSSR count). The van der Waals surface area contributed by atoms with Crippen molar-refractivity contribution in [1.29, 1.82) is 0 Å². The highest BCUT2D eigenvalue weighted by atomic mass is 32.2. The number of carbonyl (C=O) groups is 1. The smallest absolute Gasteiger partial charge is 0.199 e. The van der Waals surface area contributed by atoms with Gasteiger partial charge >= 0.3 is 0 Å². The van der Waals surface area contributed by atoms with Crippen LogP contribution >= 0.6 is 0 Å². The Balaban J connectivity index is 1.64. The second-order valence-corrected chi connectivity index (χ2v) is 11.5. The number of para-hydroxylation sites is 1. The van der Waals surface area contributed by atoms with Crippen molar-refractivity contribution in [2.45, 2.75) is 44.0 Å². The number of sulfone groups is 1. The van der Waals surface area contributed by atoms with Crippen LogP contribution in [0.2, 0.25) is 0 Å². The van der Waals surface area contributed by atoms with Gasteiger partial charge in [0.15, 0.2) is 15.6 Å². The molecule has 0 saturated carbocycles. The van der Waals surface area contributed by atoms with Crippen molar-refractivity contribution in [3.8, 4) is 0 Å². The van der Waals surface area contributed by atoms with E-state index >= 15 is 0 Å². The Morgan fingerprint density at radius 1 is 0.943 bits per heavy atom. The monoisotopic (exact) mass is 485 g/mol. The SMILES string of the molecule is CC1=CC(C)(C)Nc2c(C(=O)C[C@H](/C=C/S(=O)(=O)c3ccccc3)Cc3ccccc3)cccc21. The Kier molecular flexibility index (Phi) is 7.08. The predicted molar refractivity (Wildman–Crippen MR) is 143 cm³/mol. The molecule has 1 aliphatic rings. The van der Waals surface area contributed by atoms with Crippen molar-refractivity contribution in [2.75, 3.05) is 5.32 Å². The van der Waals surface area contributed by atoms with E-state index in [9.17, 15) is 13.2 Å². The van der Waals surface area contributed by atoms with Gasteiger partial charge in [0.25, 0.3) is 0 Å². The molecule has 0 amide bonds. The second kappa shape index (κ2) is 10.0. The van der Waals surface area contributed by atoms with E-state index in [4.69, 9.17) is 0 Å². The first-order valence-corrected chi connectivity index (χ1v) is 13.4. The van der Waals surface area contributed by atoms with Gasteiger partial charge in [-0.2, -0.15) is 0 Å². The summed E-state index contributed by atoms with van der Waals surface area (Å²) in [5.41, 5.74) is 4.44. The molecule has 0 radical (unpaired) electrons. The van der Waals surface area contributed by atoms with Crippen molar-refractivity contribution in [3.63, 3.8) is 0 Å². The molecule has 3 aromatic rings. The maximum absolute atomic E-state index is 13.6. The molecule has 1 atom stereocenters. The Hall–Kier alpha value is -3.44. The van der Waals surface area contributed by atoms with Crippen molar-refractivity contribution in [1.82, 2.24) is 0 Å². The van der Waals surface area contributed by atoms with E-state index in [0.717, 1.165) is 22.4 Å². The highest BCUT2D eigenvalue weighted by Crippen LogP contribution is 2.37. The van der Waals surface area contributed by atoms with Crippen molar-refractivity contribution in [2.24, 2.45) is 5.92 Å². The number of rotatable bonds is 8. The minimum absolute atomic E-state index is 0.0115. The molecule has 5 heteroatoms. The molecule has 0 unspecified atom stereocenters. The molecule has 1 heterocycles. The Bertz CT molecular complexity index is 1370. The number of benzene rings is 3. The summed E-state index contributed by atoms with van der Waals surface area (Å²) in [6.45, 7) is 6.22. The van der Waals surface area contributed by atoms with Crippen LogP contribution in [0.25, 0.3) is 5.57 Å². The van der Waals surface area contributed by atoms with Crippen molar-refractivity contribution < 1.29 is 13.2 Å². The van der Waals surface area contributed by atoms with Gasteiger partial charge in [0.05, 0.1) is 16.1 Å². The van der Waals surface area contributed by atoms with Crippen LogP contribution in [0.15, 0.2) is 101 Å². The van der Waals surface area contributed by atoms with Crippen LogP contribution in [-0.4, -0.2) is 19.7 Å². The van der Waals surface area contributed by atoms with E-state index < -0.39 is 9.84 Å². The minimum Gasteiger partial charge on any atom is -0.376 e. The van der Waals surface area contributed by atoms with Crippen LogP contribution in [-0.2, 0) is 16.3 Å². The number of Topliss-reactive ketones (excluding diaryl/α,β-unsaturated/α-hetero) is 1. The van der Waals surface area contributed by atoms with E-state index in [2.05, 4.69) is 32.2 Å². The Labute approximate surface area is 208 Å². The summed E-state index contributed by atoms with van der Waals surface area (Å²) < 4.78 is 25.7. The molecule has 0 aromatic heterocycles. The maximum atomic E-state index is 13.6. The van der Waals surface area contributed by atoms with E-state index in [1.807, 2.05) is 48.5 Å². The fourth-order valence-corrected chi connectivity index (χ4v) is 5.72. The fourth-order valence-electron chi connectivity index (χ4n) is 4.60. The molecule has 3 aromatic carbocycles. The summed E-state index contributed by atoms with van der Waals surface area (Å²) in [4.78, 5) is 13.8. The molecule has 4 nitrogen and oxygen atoms in total. The lowest BCUT2D eigenvalue weighted by Gasteiger charge is -2.32. The van der Waals surface area contributed by atoms with Gasteiger partial charge in [-0.1, -0.05) is 72.8 Å². The molecular formula is C30H31NO3S. The number of ketones is 1. The zero-order valence-electron chi connectivity index (χ0n) is 20.4. The van der Waals surface area contributed by atoms with E-state index in [0.29, 0.717) is 12.0 Å². The lowest BCUT2D eigenvalue weighted by atomic mass is 9.86. The third-order valence-electron chi connectivity index (χ3n) is 6.20. The van der Waals surface area contributed by atoms with Crippen LogP contribution in [0.3, 0.4) is 0 Å². The average molecular weight is 486 g/mol. The molecule has 35 heavy (non-hydrogen) atoms. The lowest BCUT2D eigenvalue weighted by molar-refractivity contribution is 0.0970. The Morgan fingerprint density at radius 2 is 1.60 bits per heavy atom. The fraction of sp³-hybridized carbons (Fsp3) is 0.233. The molecule has 1 N–H and O–H groups in total. The van der Waals surface area contributed by atoms with Gasteiger partial charge in [-0.25, -0.2) is 8.42 Å². The molecule has 0 spiro atoms. The van der Waals surface area contributed by atoms with Gasteiger partial charge in [0, 0.05) is 23.0 Å². The van der Waals surface area contributed by atoms with Crippen LogP contribution in [0, 0.1) is 5.92 Å². The molecule has 0 fully saturated rings.